The van der Waals surface area contributed by atoms with Gasteiger partial charge in [0.2, 0.25) is 0 Å². The zero-order valence-corrected chi connectivity index (χ0v) is 18.3. The number of ether oxygens (including phenoxy) is 7. The first-order valence-corrected chi connectivity index (χ1v) is 9.60. The molecule has 178 valence electrons. The maximum absolute atomic E-state index is 12.2. The quantitative estimate of drug-likeness (QED) is 0.311. The lowest BCUT2D eigenvalue weighted by atomic mass is 10.1. The van der Waals surface area contributed by atoms with Gasteiger partial charge in [0.1, 0.15) is 18.8 Å². The number of hydrogen-bond acceptors (Lipinski definition) is 12. The zero-order chi connectivity index (χ0) is 24.1. The van der Waals surface area contributed by atoms with Crippen LogP contribution in [0.2, 0.25) is 0 Å². The van der Waals surface area contributed by atoms with E-state index in [0.29, 0.717) is 12.0 Å². The summed E-state index contributed by atoms with van der Waals surface area (Å²) in [6, 6.07) is 3.11. The Balaban J connectivity index is 2.73. The molecule has 0 spiro atoms. The van der Waals surface area contributed by atoms with Crippen molar-refractivity contribution in [3.05, 3.63) is 23.8 Å². The minimum Gasteiger partial charge on any atom is -0.458 e. The number of carbonyl (C=O) groups is 4. The van der Waals surface area contributed by atoms with Gasteiger partial charge in [0, 0.05) is 0 Å². The second kappa shape index (κ2) is 13.7. The Morgan fingerprint density at radius 1 is 0.938 bits per heavy atom. The molecule has 2 N–H and O–H groups in total. The number of esters is 1. The van der Waals surface area contributed by atoms with Gasteiger partial charge in [-0.3, -0.25) is 4.79 Å². The van der Waals surface area contributed by atoms with Crippen LogP contribution in [0.25, 0.3) is 0 Å². The lowest BCUT2D eigenvalue weighted by Gasteiger charge is -2.17. The molecule has 0 heterocycles. The molecule has 0 saturated heterocycles. The largest absolute Gasteiger partial charge is 0.513 e. The summed E-state index contributed by atoms with van der Waals surface area (Å²) in [5.74, 6) is -0.996. The summed E-state index contributed by atoms with van der Waals surface area (Å²) in [6.45, 7) is 3.39. The summed E-state index contributed by atoms with van der Waals surface area (Å²) in [5, 5.41) is 0. The molecule has 1 rings (SSSR count). The van der Waals surface area contributed by atoms with E-state index in [1.807, 2.05) is 6.92 Å². The maximum Gasteiger partial charge on any atom is 0.513 e. The highest BCUT2D eigenvalue weighted by Crippen LogP contribution is 2.29. The number of hydrogen-bond donors (Lipinski definition) is 1. The molecular weight excluding hydrogens is 430 g/mol. The van der Waals surface area contributed by atoms with Gasteiger partial charge in [-0.1, -0.05) is 13.0 Å². The molecular formula is C20H27NO11. The molecule has 0 aliphatic rings. The lowest BCUT2D eigenvalue weighted by Crippen LogP contribution is -2.37. The minimum atomic E-state index is -1.08. The first-order valence-electron chi connectivity index (χ1n) is 9.60. The zero-order valence-electron chi connectivity index (χ0n) is 18.3. The Morgan fingerprint density at radius 2 is 1.56 bits per heavy atom. The molecule has 0 unspecified atom stereocenters. The van der Waals surface area contributed by atoms with Gasteiger partial charge in [0.15, 0.2) is 11.5 Å². The molecule has 12 nitrogen and oxygen atoms in total. The Kier molecular flexibility index (Phi) is 11.3. The van der Waals surface area contributed by atoms with Crippen LogP contribution in [0, 0.1) is 0 Å². The highest BCUT2D eigenvalue weighted by atomic mass is 16.7. The Labute approximate surface area is 184 Å². The van der Waals surface area contributed by atoms with Crippen LogP contribution in [-0.2, 0) is 34.9 Å². The molecule has 0 aliphatic heterocycles. The number of carbonyl (C=O) groups excluding carboxylic acids is 4. The van der Waals surface area contributed by atoms with E-state index >= 15 is 0 Å². The third kappa shape index (κ3) is 9.51. The number of rotatable bonds is 10. The van der Waals surface area contributed by atoms with Gasteiger partial charge in [-0.15, -0.1) is 0 Å². The Bertz CT molecular complexity index is 796. The SMILES string of the molecule is CCCOC(=O)OC[C@H](C)OC(=O)[C@@H](N)Cc1ccc(OC(=O)OC)c(OC(=O)OC)c1. The fraction of sp³-hybridized carbons (Fsp3) is 0.500. The molecule has 12 heteroatoms. The van der Waals surface area contributed by atoms with Crippen LogP contribution < -0.4 is 15.2 Å². The monoisotopic (exact) mass is 457 g/mol. The normalized spacial score (nSPS) is 12.0. The highest BCUT2D eigenvalue weighted by Gasteiger charge is 2.22. The minimum absolute atomic E-state index is 0.000981. The van der Waals surface area contributed by atoms with E-state index in [-0.39, 0.29) is 31.1 Å². The predicted molar refractivity (Wildman–Crippen MR) is 107 cm³/mol. The topological polar surface area (TPSA) is 159 Å². The molecule has 0 fully saturated rings. The summed E-state index contributed by atoms with van der Waals surface area (Å²) in [4.78, 5) is 46.4. The molecule has 0 saturated carbocycles. The second-order valence-electron chi connectivity index (χ2n) is 6.36. The third-order valence-corrected chi connectivity index (χ3v) is 3.66. The van der Waals surface area contributed by atoms with Crippen LogP contribution in [0.15, 0.2) is 18.2 Å². The highest BCUT2D eigenvalue weighted by molar-refractivity contribution is 5.76. The van der Waals surface area contributed by atoms with Gasteiger partial charge in [0.25, 0.3) is 0 Å². The van der Waals surface area contributed by atoms with Crippen molar-refractivity contribution in [2.75, 3.05) is 27.4 Å². The van der Waals surface area contributed by atoms with E-state index < -0.39 is 36.6 Å². The van der Waals surface area contributed by atoms with Gasteiger partial charge in [-0.25, -0.2) is 14.4 Å². The summed E-state index contributed by atoms with van der Waals surface area (Å²) in [7, 11) is 2.22. The van der Waals surface area contributed by atoms with Gasteiger partial charge < -0.3 is 38.9 Å². The predicted octanol–water partition coefficient (Wildman–Crippen LogP) is 2.34. The molecule has 1 aromatic carbocycles. The van der Waals surface area contributed by atoms with Crippen molar-refractivity contribution in [2.24, 2.45) is 5.73 Å². The Hall–Kier alpha value is -3.54. The van der Waals surface area contributed by atoms with Crippen molar-refractivity contribution in [1.82, 2.24) is 0 Å². The lowest BCUT2D eigenvalue weighted by molar-refractivity contribution is -0.152. The molecule has 0 aromatic heterocycles. The summed E-state index contributed by atoms with van der Waals surface area (Å²) < 4.78 is 33.4. The molecule has 32 heavy (non-hydrogen) atoms. The van der Waals surface area contributed by atoms with E-state index in [2.05, 4.69) is 9.47 Å². The van der Waals surface area contributed by atoms with Crippen molar-refractivity contribution in [3.63, 3.8) is 0 Å². The van der Waals surface area contributed by atoms with Crippen molar-refractivity contribution >= 4 is 24.4 Å². The van der Waals surface area contributed by atoms with Crippen molar-refractivity contribution < 1.29 is 52.3 Å². The van der Waals surface area contributed by atoms with Gasteiger partial charge in [0.05, 0.1) is 20.8 Å². The standard InChI is InChI=1S/C20H27NO11/c1-5-8-28-20(25)29-11-12(2)30-17(22)14(21)9-13-6-7-15(31-18(23)26-3)16(10-13)32-19(24)27-4/h6-7,10,12,14H,5,8-9,11,21H2,1-4H3/t12-,14-/m0/s1. The third-order valence-electron chi connectivity index (χ3n) is 3.66. The van der Waals surface area contributed by atoms with Crippen molar-refractivity contribution in [3.8, 4) is 11.5 Å². The van der Waals surface area contributed by atoms with Crippen LogP contribution in [-0.4, -0.2) is 64.0 Å². The van der Waals surface area contributed by atoms with Crippen molar-refractivity contribution in [1.29, 1.82) is 0 Å². The summed E-state index contributed by atoms with van der Waals surface area (Å²) in [5.41, 5.74) is 6.36. The molecule has 0 aliphatic carbocycles. The van der Waals surface area contributed by atoms with E-state index in [9.17, 15) is 19.2 Å². The smallest absolute Gasteiger partial charge is 0.458 e. The number of nitrogens with two attached hydrogens (primary N) is 1. The Morgan fingerprint density at radius 3 is 2.16 bits per heavy atom. The molecule has 1 aromatic rings. The summed E-state index contributed by atoms with van der Waals surface area (Å²) in [6.07, 6.45) is -3.03. The van der Waals surface area contributed by atoms with Crippen molar-refractivity contribution in [2.45, 2.75) is 38.8 Å². The van der Waals surface area contributed by atoms with Crippen LogP contribution in [0.5, 0.6) is 11.5 Å². The van der Waals surface area contributed by atoms with E-state index in [4.69, 9.17) is 29.4 Å². The van der Waals surface area contributed by atoms with E-state index in [1.54, 1.807) is 0 Å². The van der Waals surface area contributed by atoms with Gasteiger partial charge in [-0.2, -0.15) is 0 Å². The van der Waals surface area contributed by atoms with Crippen LogP contribution in [0.1, 0.15) is 25.8 Å². The van der Waals surface area contributed by atoms with Gasteiger partial charge >= 0.3 is 24.4 Å². The van der Waals surface area contributed by atoms with Gasteiger partial charge in [-0.05, 0) is 37.5 Å². The van der Waals surface area contributed by atoms with E-state index in [0.717, 1.165) is 14.2 Å². The first kappa shape index (κ1) is 26.5. The first-order chi connectivity index (χ1) is 15.2. The average Bonchev–Trinajstić information content (AvgIpc) is 2.77. The summed E-state index contributed by atoms with van der Waals surface area (Å²) >= 11 is 0. The van der Waals surface area contributed by atoms with Crippen LogP contribution in [0.4, 0.5) is 14.4 Å². The van der Waals surface area contributed by atoms with E-state index in [1.165, 1.54) is 25.1 Å². The molecule has 0 amide bonds. The fourth-order valence-corrected chi connectivity index (χ4v) is 2.18. The van der Waals surface area contributed by atoms with Crippen LogP contribution in [0.3, 0.4) is 0 Å². The maximum atomic E-state index is 12.2. The molecule has 0 radical (unpaired) electrons. The van der Waals surface area contributed by atoms with Crippen LogP contribution >= 0.6 is 0 Å². The fourth-order valence-electron chi connectivity index (χ4n) is 2.18. The molecule has 0 bridgehead atoms. The number of benzene rings is 1. The second-order valence-corrected chi connectivity index (χ2v) is 6.36. The number of methoxy groups -OCH3 is 2. The molecule has 2 atom stereocenters. The average molecular weight is 457 g/mol.